The standard InChI is InChI=1S/C24H17FN2O2S/c25-16-10-11-20-19(13-16)23(21-9-4-12-30-21)27(14-22(28)26-20)24(29)18-8-3-6-15-5-1-2-7-17(15)18/h1-13,23H,14H2,(H,26,28). The second-order valence-electron chi connectivity index (χ2n) is 7.16. The van der Waals surface area contributed by atoms with Crippen molar-refractivity contribution in [3.8, 4) is 0 Å². The van der Waals surface area contributed by atoms with Crippen molar-refractivity contribution in [1.29, 1.82) is 0 Å². The Bertz CT molecular complexity index is 1260. The van der Waals surface area contributed by atoms with E-state index in [1.54, 1.807) is 12.1 Å². The summed E-state index contributed by atoms with van der Waals surface area (Å²) in [5.74, 6) is -0.989. The molecular weight excluding hydrogens is 399 g/mol. The van der Waals surface area contributed by atoms with Gasteiger partial charge in [-0.25, -0.2) is 4.39 Å². The topological polar surface area (TPSA) is 49.4 Å². The zero-order chi connectivity index (χ0) is 20.7. The van der Waals surface area contributed by atoms with Gasteiger partial charge in [0, 0.05) is 21.7 Å². The average Bonchev–Trinajstić information content (AvgIpc) is 3.24. The average molecular weight is 416 g/mol. The van der Waals surface area contributed by atoms with Crippen LogP contribution in [0.4, 0.5) is 10.1 Å². The molecule has 0 fully saturated rings. The third kappa shape index (κ3) is 3.15. The predicted octanol–water partition coefficient (Wildman–Crippen LogP) is 5.22. The molecule has 2 amide bonds. The molecule has 3 aromatic carbocycles. The highest BCUT2D eigenvalue weighted by Crippen LogP contribution is 2.39. The first-order valence-corrected chi connectivity index (χ1v) is 10.4. The number of amides is 2. The quantitative estimate of drug-likeness (QED) is 0.487. The molecule has 1 aliphatic heterocycles. The fourth-order valence-electron chi connectivity index (χ4n) is 3.99. The highest BCUT2D eigenvalue weighted by molar-refractivity contribution is 7.10. The molecule has 0 radical (unpaired) electrons. The van der Waals surface area contributed by atoms with Crippen molar-refractivity contribution in [2.45, 2.75) is 6.04 Å². The van der Waals surface area contributed by atoms with Crippen molar-refractivity contribution < 1.29 is 14.0 Å². The zero-order valence-corrected chi connectivity index (χ0v) is 16.7. The van der Waals surface area contributed by atoms with Gasteiger partial charge in [-0.1, -0.05) is 42.5 Å². The Hall–Kier alpha value is -3.51. The summed E-state index contributed by atoms with van der Waals surface area (Å²) in [6, 6.07) is 20.7. The number of anilines is 1. The fourth-order valence-corrected chi connectivity index (χ4v) is 4.84. The van der Waals surface area contributed by atoms with E-state index in [4.69, 9.17) is 0 Å². The Morgan fingerprint density at radius 1 is 1.03 bits per heavy atom. The highest BCUT2D eigenvalue weighted by Gasteiger charge is 2.35. The Morgan fingerprint density at radius 3 is 2.70 bits per heavy atom. The van der Waals surface area contributed by atoms with Gasteiger partial charge in [-0.05, 0) is 46.5 Å². The van der Waals surface area contributed by atoms with Crippen molar-refractivity contribution in [2.75, 3.05) is 11.9 Å². The lowest BCUT2D eigenvalue weighted by Gasteiger charge is -2.30. The van der Waals surface area contributed by atoms with Crippen LogP contribution in [0, 0.1) is 5.82 Å². The van der Waals surface area contributed by atoms with Crippen LogP contribution in [0.5, 0.6) is 0 Å². The maximum absolute atomic E-state index is 14.2. The summed E-state index contributed by atoms with van der Waals surface area (Å²) in [4.78, 5) is 28.8. The van der Waals surface area contributed by atoms with Crippen molar-refractivity contribution in [1.82, 2.24) is 4.90 Å². The van der Waals surface area contributed by atoms with E-state index in [2.05, 4.69) is 5.32 Å². The summed E-state index contributed by atoms with van der Waals surface area (Å²) in [6.45, 7) is -0.124. The molecule has 1 N–H and O–H groups in total. The zero-order valence-electron chi connectivity index (χ0n) is 15.8. The molecule has 148 valence electrons. The second kappa shape index (κ2) is 7.39. The van der Waals surface area contributed by atoms with Gasteiger partial charge in [-0.2, -0.15) is 0 Å². The van der Waals surface area contributed by atoms with Crippen molar-refractivity contribution >= 4 is 39.6 Å². The number of halogens is 1. The van der Waals surface area contributed by atoms with Crippen LogP contribution in [0.2, 0.25) is 0 Å². The Labute approximate surface area is 176 Å². The lowest BCUT2D eigenvalue weighted by Crippen LogP contribution is -2.38. The molecule has 1 aromatic heterocycles. The van der Waals surface area contributed by atoms with Crippen LogP contribution in [0.3, 0.4) is 0 Å². The number of hydrogen-bond acceptors (Lipinski definition) is 3. The van der Waals surface area contributed by atoms with Crippen molar-refractivity contribution in [3.63, 3.8) is 0 Å². The molecule has 1 aliphatic rings. The monoisotopic (exact) mass is 416 g/mol. The van der Waals surface area contributed by atoms with Gasteiger partial charge >= 0.3 is 0 Å². The first-order valence-electron chi connectivity index (χ1n) is 9.53. The largest absolute Gasteiger partial charge is 0.324 e. The molecule has 4 aromatic rings. The van der Waals surface area contributed by atoms with E-state index in [9.17, 15) is 14.0 Å². The molecule has 4 nitrogen and oxygen atoms in total. The van der Waals surface area contributed by atoms with E-state index in [0.717, 1.165) is 15.6 Å². The van der Waals surface area contributed by atoms with Gasteiger partial charge in [0.2, 0.25) is 5.91 Å². The van der Waals surface area contributed by atoms with Crippen LogP contribution in [-0.4, -0.2) is 23.3 Å². The third-order valence-corrected chi connectivity index (χ3v) is 6.23. The number of thiophene rings is 1. The Morgan fingerprint density at radius 2 is 1.87 bits per heavy atom. The molecular formula is C24H17FN2O2S. The number of rotatable bonds is 2. The van der Waals surface area contributed by atoms with E-state index in [1.807, 2.05) is 53.9 Å². The van der Waals surface area contributed by atoms with E-state index in [-0.39, 0.29) is 18.4 Å². The highest BCUT2D eigenvalue weighted by atomic mass is 32.1. The molecule has 1 atom stereocenters. The minimum atomic E-state index is -0.568. The summed E-state index contributed by atoms with van der Waals surface area (Å²) < 4.78 is 14.2. The summed E-state index contributed by atoms with van der Waals surface area (Å²) in [7, 11) is 0. The van der Waals surface area contributed by atoms with Gasteiger partial charge in [0.15, 0.2) is 0 Å². The maximum atomic E-state index is 14.2. The molecule has 0 aliphatic carbocycles. The molecule has 2 heterocycles. The lowest BCUT2D eigenvalue weighted by molar-refractivity contribution is -0.117. The minimum absolute atomic E-state index is 0.124. The second-order valence-corrected chi connectivity index (χ2v) is 8.14. The molecule has 1 unspecified atom stereocenters. The molecule has 0 bridgehead atoms. The number of fused-ring (bicyclic) bond motifs is 2. The van der Waals surface area contributed by atoms with Crippen LogP contribution in [-0.2, 0) is 4.79 Å². The molecule has 6 heteroatoms. The summed E-state index contributed by atoms with van der Waals surface area (Å²) in [5.41, 5.74) is 1.60. The molecule has 0 spiro atoms. The van der Waals surface area contributed by atoms with Crippen molar-refractivity contribution in [2.24, 2.45) is 0 Å². The van der Waals surface area contributed by atoms with Gasteiger partial charge in [-0.15, -0.1) is 11.3 Å². The maximum Gasteiger partial charge on any atom is 0.255 e. The first-order chi connectivity index (χ1) is 14.6. The number of hydrogen-bond donors (Lipinski definition) is 1. The van der Waals surface area contributed by atoms with Crippen LogP contribution in [0.15, 0.2) is 78.2 Å². The summed E-state index contributed by atoms with van der Waals surface area (Å²) in [5, 5.41) is 6.50. The van der Waals surface area contributed by atoms with Gasteiger partial charge in [0.1, 0.15) is 12.4 Å². The lowest BCUT2D eigenvalue weighted by atomic mass is 9.99. The van der Waals surface area contributed by atoms with Crippen LogP contribution >= 0.6 is 11.3 Å². The number of nitrogens with one attached hydrogen (secondary N) is 1. The van der Waals surface area contributed by atoms with Gasteiger partial charge in [0.05, 0.1) is 6.04 Å². The Kier molecular flexibility index (Phi) is 4.56. The van der Waals surface area contributed by atoms with E-state index in [0.29, 0.717) is 16.8 Å². The first kappa shape index (κ1) is 18.5. The minimum Gasteiger partial charge on any atom is -0.324 e. The van der Waals surface area contributed by atoms with Gasteiger partial charge in [0.25, 0.3) is 5.91 Å². The number of carbonyl (C=O) groups is 2. The summed E-state index contributed by atoms with van der Waals surface area (Å²) >= 11 is 1.47. The molecule has 5 rings (SSSR count). The van der Waals surface area contributed by atoms with E-state index >= 15 is 0 Å². The van der Waals surface area contributed by atoms with E-state index in [1.165, 1.54) is 28.4 Å². The Balaban J connectivity index is 1.70. The normalized spacial score (nSPS) is 16.1. The number of benzene rings is 3. The summed E-state index contributed by atoms with van der Waals surface area (Å²) in [6.07, 6.45) is 0. The third-order valence-electron chi connectivity index (χ3n) is 5.30. The SMILES string of the molecule is O=C1CN(C(=O)c2cccc3ccccc23)C(c2cccs2)c2cc(F)ccc2N1. The van der Waals surface area contributed by atoms with Crippen molar-refractivity contribution in [3.05, 3.63) is 100.0 Å². The molecule has 0 saturated carbocycles. The molecule has 30 heavy (non-hydrogen) atoms. The molecule has 0 saturated heterocycles. The van der Waals surface area contributed by atoms with Crippen LogP contribution in [0.1, 0.15) is 26.8 Å². The number of nitrogens with zero attached hydrogens (tertiary/aromatic N) is 1. The van der Waals surface area contributed by atoms with Crippen LogP contribution < -0.4 is 5.32 Å². The van der Waals surface area contributed by atoms with Gasteiger partial charge in [-0.3, -0.25) is 9.59 Å². The van der Waals surface area contributed by atoms with Crippen LogP contribution in [0.25, 0.3) is 10.8 Å². The fraction of sp³-hybridized carbons (Fsp3) is 0.0833. The van der Waals surface area contributed by atoms with E-state index < -0.39 is 11.9 Å². The number of carbonyl (C=O) groups excluding carboxylic acids is 2. The predicted molar refractivity (Wildman–Crippen MR) is 116 cm³/mol. The smallest absolute Gasteiger partial charge is 0.255 e. The van der Waals surface area contributed by atoms with Gasteiger partial charge < -0.3 is 10.2 Å².